The minimum atomic E-state index is -0.138. The fraction of sp³-hybridized carbons (Fsp3) is 1.00. The molecule has 2 N–H and O–H groups in total. The molecule has 0 aliphatic rings. The number of likely N-dealkylation sites (N-methyl/N-ethyl adjacent to an activating group) is 1. The van der Waals surface area contributed by atoms with E-state index in [2.05, 4.69) is 19.2 Å². The Morgan fingerprint density at radius 2 is 1.53 bits per heavy atom. The Kier molecular flexibility index (Phi) is 11.9. The van der Waals surface area contributed by atoms with Gasteiger partial charge in [0.25, 0.3) is 0 Å². The maximum Gasteiger partial charge on any atom is 0.0664 e. The predicted octanol–water partition coefficient (Wildman–Crippen LogP) is 3.10. The monoisotopic (exact) mass is 215 g/mol. The van der Waals surface area contributed by atoms with Gasteiger partial charge in [-0.3, -0.25) is 0 Å². The van der Waals surface area contributed by atoms with E-state index in [0.29, 0.717) is 0 Å². The molecule has 0 aromatic carbocycles. The lowest BCUT2D eigenvalue weighted by atomic mass is 10.1. The van der Waals surface area contributed by atoms with Crippen LogP contribution >= 0.6 is 0 Å². The number of hydrogen-bond acceptors (Lipinski definition) is 2. The van der Waals surface area contributed by atoms with Crippen LogP contribution in [0.25, 0.3) is 0 Å². The third-order valence-electron chi connectivity index (χ3n) is 2.77. The van der Waals surface area contributed by atoms with E-state index in [-0.39, 0.29) is 6.10 Å². The van der Waals surface area contributed by atoms with E-state index < -0.39 is 0 Å². The Balaban J connectivity index is 3.02. The normalized spacial score (nSPS) is 13.0. The standard InChI is InChI=1S/C13H29NO/c1-3-5-6-7-8-9-10-11-13(15)12-14-4-2/h13-15H,3-12H2,1-2H3. The average Bonchev–Trinajstić information content (AvgIpc) is 2.25. The zero-order valence-corrected chi connectivity index (χ0v) is 10.6. The number of aliphatic hydroxyl groups is 1. The average molecular weight is 215 g/mol. The van der Waals surface area contributed by atoms with Gasteiger partial charge >= 0.3 is 0 Å². The van der Waals surface area contributed by atoms with Crippen LogP contribution in [0.1, 0.15) is 65.2 Å². The Hall–Kier alpha value is -0.0800. The van der Waals surface area contributed by atoms with Crippen LogP contribution in [0, 0.1) is 0 Å². The van der Waals surface area contributed by atoms with Gasteiger partial charge in [-0.1, -0.05) is 58.8 Å². The second kappa shape index (κ2) is 12.0. The van der Waals surface area contributed by atoms with Gasteiger partial charge in [-0.05, 0) is 13.0 Å². The molecule has 2 heteroatoms. The molecule has 0 radical (unpaired) electrons. The smallest absolute Gasteiger partial charge is 0.0664 e. The first kappa shape index (κ1) is 14.9. The highest BCUT2D eigenvalue weighted by Gasteiger charge is 2.01. The second-order valence-electron chi connectivity index (χ2n) is 4.37. The molecule has 0 heterocycles. The Bertz CT molecular complexity index is 117. The fourth-order valence-corrected chi connectivity index (χ4v) is 1.75. The van der Waals surface area contributed by atoms with E-state index in [0.717, 1.165) is 19.5 Å². The maximum absolute atomic E-state index is 9.56. The van der Waals surface area contributed by atoms with Gasteiger partial charge < -0.3 is 10.4 Å². The van der Waals surface area contributed by atoms with Gasteiger partial charge in [0.05, 0.1) is 6.10 Å². The van der Waals surface area contributed by atoms with Crippen LogP contribution in [0.2, 0.25) is 0 Å². The first-order valence-electron chi connectivity index (χ1n) is 6.70. The molecule has 0 amide bonds. The molecule has 1 atom stereocenters. The first-order valence-corrected chi connectivity index (χ1v) is 6.70. The highest BCUT2D eigenvalue weighted by atomic mass is 16.3. The highest BCUT2D eigenvalue weighted by molar-refractivity contribution is 4.58. The van der Waals surface area contributed by atoms with Gasteiger partial charge in [0, 0.05) is 6.54 Å². The van der Waals surface area contributed by atoms with E-state index in [1.54, 1.807) is 0 Å². The van der Waals surface area contributed by atoms with Crippen LogP contribution in [0.3, 0.4) is 0 Å². The number of unbranched alkanes of at least 4 members (excludes halogenated alkanes) is 6. The second-order valence-corrected chi connectivity index (χ2v) is 4.37. The molecular weight excluding hydrogens is 186 g/mol. The lowest BCUT2D eigenvalue weighted by Gasteiger charge is -2.10. The number of aliphatic hydroxyl groups excluding tert-OH is 1. The van der Waals surface area contributed by atoms with E-state index in [1.807, 2.05) is 0 Å². The summed E-state index contributed by atoms with van der Waals surface area (Å²) in [6.07, 6.45) is 10.1. The summed E-state index contributed by atoms with van der Waals surface area (Å²) in [7, 11) is 0. The zero-order valence-electron chi connectivity index (χ0n) is 10.6. The molecule has 0 aromatic heterocycles. The molecule has 1 unspecified atom stereocenters. The summed E-state index contributed by atoms with van der Waals surface area (Å²) >= 11 is 0. The lowest BCUT2D eigenvalue weighted by molar-refractivity contribution is 0.158. The van der Waals surface area contributed by atoms with Crippen LogP contribution in [-0.4, -0.2) is 24.3 Å². The minimum absolute atomic E-state index is 0.138. The molecule has 0 saturated carbocycles. The topological polar surface area (TPSA) is 32.3 Å². The van der Waals surface area contributed by atoms with Crippen molar-refractivity contribution in [3.8, 4) is 0 Å². The van der Waals surface area contributed by atoms with Crippen molar-refractivity contribution in [1.82, 2.24) is 5.32 Å². The van der Waals surface area contributed by atoms with Gasteiger partial charge in [0.2, 0.25) is 0 Å². The van der Waals surface area contributed by atoms with E-state index in [1.165, 1.54) is 44.9 Å². The van der Waals surface area contributed by atoms with Crippen molar-refractivity contribution in [2.75, 3.05) is 13.1 Å². The zero-order chi connectivity index (χ0) is 11.4. The van der Waals surface area contributed by atoms with Gasteiger partial charge in [-0.2, -0.15) is 0 Å². The molecule has 15 heavy (non-hydrogen) atoms. The predicted molar refractivity (Wildman–Crippen MR) is 67.2 cm³/mol. The molecule has 0 bridgehead atoms. The van der Waals surface area contributed by atoms with Crippen LogP contribution < -0.4 is 5.32 Å². The Morgan fingerprint density at radius 3 is 2.13 bits per heavy atom. The van der Waals surface area contributed by atoms with Gasteiger partial charge in [0.1, 0.15) is 0 Å². The number of nitrogens with one attached hydrogen (secondary N) is 1. The number of hydrogen-bond donors (Lipinski definition) is 2. The van der Waals surface area contributed by atoms with Crippen molar-refractivity contribution >= 4 is 0 Å². The summed E-state index contributed by atoms with van der Waals surface area (Å²) in [5.41, 5.74) is 0. The van der Waals surface area contributed by atoms with E-state index in [4.69, 9.17) is 0 Å². The first-order chi connectivity index (χ1) is 7.31. The molecule has 0 aliphatic carbocycles. The van der Waals surface area contributed by atoms with Crippen molar-refractivity contribution in [3.63, 3.8) is 0 Å². The summed E-state index contributed by atoms with van der Waals surface area (Å²) in [6.45, 7) is 6.03. The quantitative estimate of drug-likeness (QED) is 0.519. The molecule has 0 saturated heterocycles. The molecule has 92 valence electrons. The van der Waals surface area contributed by atoms with Gasteiger partial charge in [-0.15, -0.1) is 0 Å². The summed E-state index contributed by atoms with van der Waals surface area (Å²) in [5.74, 6) is 0. The fourth-order valence-electron chi connectivity index (χ4n) is 1.75. The SMILES string of the molecule is CCCCCCCCCC(O)CNCC. The molecule has 0 rings (SSSR count). The van der Waals surface area contributed by atoms with Crippen LogP contribution in [0.15, 0.2) is 0 Å². The van der Waals surface area contributed by atoms with Gasteiger partial charge in [0.15, 0.2) is 0 Å². The van der Waals surface area contributed by atoms with Crippen LogP contribution in [0.5, 0.6) is 0 Å². The molecule has 2 nitrogen and oxygen atoms in total. The van der Waals surface area contributed by atoms with E-state index in [9.17, 15) is 5.11 Å². The Labute approximate surface area is 95.5 Å². The van der Waals surface area contributed by atoms with Crippen molar-refractivity contribution in [3.05, 3.63) is 0 Å². The molecule has 0 aromatic rings. The van der Waals surface area contributed by atoms with Crippen LogP contribution in [-0.2, 0) is 0 Å². The lowest BCUT2D eigenvalue weighted by Crippen LogP contribution is -2.26. The van der Waals surface area contributed by atoms with Crippen molar-refractivity contribution in [2.45, 2.75) is 71.3 Å². The minimum Gasteiger partial charge on any atom is -0.392 e. The summed E-state index contributed by atoms with van der Waals surface area (Å²) in [6, 6.07) is 0. The van der Waals surface area contributed by atoms with Gasteiger partial charge in [-0.25, -0.2) is 0 Å². The molecular formula is C13H29NO. The Morgan fingerprint density at radius 1 is 0.933 bits per heavy atom. The number of rotatable bonds is 11. The highest BCUT2D eigenvalue weighted by Crippen LogP contribution is 2.09. The summed E-state index contributed by atoms with van der Waals surface area (Å²) in [4.78, 5) is 0. The summed E-state index contributed by atoms with van der Waals surface area (Å²) in [5, 5.41) is 12.7. The van der Waals surface area contributed by atoms with Crippen molar-refractivity contribution < 1.29 is 5.11 Å². The largest absolute Gasteiger partial charge is 0.392 e. The van der Waals surface area contributed by atoms with Crippen molar-refractivity contribution in [2.24, 2.45) is 0 Å². The third kappa shape index (κ3) is 11.8. The van der Waals surface area contributed by atoms with Crippen molar-refractivity contribution in [1.29, 1.82) is 0 Å². The van der Waals surface area contributed by atoms with Crippen LogP contribution in [0.4, 0.5) is 0 Å². The molecule has 0 aliphatic heterocycles. The molecule has 0 fully saturated rings. The maximum atomic E-state index is 9.56. The summed E-state index contributed by atoms with van der Waals surface area (Å²) < 4.78 is 0. The third-order valence-corrected chi connectivity index (χ3v) is 2.77. The van der Waals surface area contributed by atoms with E-state index >= 15 is 0 Å². The molecule has 0 spiro atoms.